The molecule has 3 aromatic rings. The van der Waals surface area contributed by atoms with E-state index in [1.807, 2.05) is 38.1 Å². The topological polar surface area (TPSA) is 195 Å². The van der Waals surface area contributed by atoms with Gasteiger partial charge in [-0.2, -0.15) is 0 Å². The Morgan fingerprint density at radius 1 is 1.05 bits per heavy atom. The van der Waals surface area contributed by atoms with Gasteiger partial charge in [0.1, 0.15) is 12.1 Å². The highest BCUT2D eigenvalue weighted by atomic mass is 16.4. The van der Waals surface area contributed by atoms with Gasteiger partial charge in [-0.15, -0.1) is 0 Å². The Kier molecular flexibility index (Phi) is 9.39. The van der Waals surface area contributed by atoms with Gasteiger partial charge in [-0.25, -0.2) is 9.78 Å². The third-order valence-electron chi connectivity index (χ3n) is 6.33. The van der Waals surface area contributed by atoms with Crippen LogP contribution in [-0.2, 0) is 32.0 Å². The molecule has 3 amide bonds. The summed E-state index contributed by atoms with van der Waals surface area (Å²) in [5.41, 5.74) is 8.21. The van der Waals surface area contributed by atoms with E-state index >= 15 is 0 Å². The number of nitrogens with two attached hydrogens (primary N) is 1. The molecule has 2 heterocycles. The van der Waals surface area contributed by atoms with Crippen LogP contribution in [0.5, 0.6) is 0 Å². The van der Waals surface area contributed by atoms with E-state index in [1.54, 1.807) is 6.20 Å². The third kappa shape index (κ3) is 7.40. The van der Waals surface area contributed by atoms with E-state index in [9.17, 15) is 24.3 Å². The highest BCUT2D eigenvalue weighted by Gasteiger charge is 2.28. The molecule has 0 fully saturated rings. The zero-order valence-electron chi connectivity index (χ0n) is 20.8. The minimum absolute atomic E-state index is 0.0606. The lowest BCUT2D eigenvalue weighted by atomic mass is 9.99. The van der Waals surface area contributed by atoms with Gasteiger partial charge in [0.15, 0.2) is 0 Å². The number of aromatic nitrogens is 3. The maximum absolute atomic E-state index is 12.9. The highest BCUT2D eigenvalue weighted by Crippen LogP contribution is 2.19. The Hall–Kier alpha value is -4.19. The Morgan fingerprint density at radius 3 is 2.49 bits per heavy atom. The molecule has 1 aromatic carbocycles. The van der Waals surface area contributed by atoms with E-state index in [4.69, 9.17) is 5.73 Å². The van der Waals surface area contributed by atoms with Crippen LogP contribution in [0.4, 0.5) is 0 Å². The third-order valence-corrected chi connectivity index (χ3v) is 6.33. The number of carbonyl (C=O) groups excluding carboxylic acids is 3. The van der Waals surface area contributed by atoms with Crippen molar-refractivity contribution in [1.29, 1.82) is 0 Å². The van der Waals surface area contributed by atoms with Gasteiger partial charge in [-0.05, 0) is 17.5 Å². The second-order valence-electron chi connectivity index (χ2n) is 8.99. The number of imidazole rings is 1. The van der Waals surface area contributed by atoms with Gasteiger partial charge in [0.05, 0.1) is 18.9 Å². The molecule has 12 nitrogen and oxygen atoms in total. The summed E-state index contributed by atoms with van der Waals surface area (Å²) in [6.07, 6.45) is 5.53. The summed E-state index contributed by atoms with van der Waals surface area (Å²) in [6.45, 7) is 3.28. The molecule has 0 aliphatic rings. The van der Waals surface area contributed by atoms with Crippen molar-refractivity contribution in [1.82, 2.24) is 30.9 Å². The fourth-order valence-electron chi connectivity index (χ4n) is 3.86. The van der Waals surface area contributed by atoms with E-state index in [1.165, 1.54) is 12.5 Å². The van der Waals surface area contributed by atoms with Crippen molar-refractivity contribution in [2.45, 2.75) is 51.2 Å². The van der Waals surface area contributed by atoms with Gasteiger partial charge in [0.2, 0.25) is 17.7 Å². The van der Waals surface area contributed by atoms with Gasteiger partial charge in [-0.1, -0.05) is 38.5 Å². The number of nitrogens with one attached hydrogen (secondary N) is 5. The normalized spacial score (nSPS) is 14.4. The number of aliphatic carboxylic acids is 1. The number of para-hydroxylation sites is 1. The van der Waals surface area contributed by atoms with Crippen LogP contribution in [0.2, 0.25) is 0 Å². The van der Waals surface area contributed by atoms with Gasteiger partial charge >= 0.3 is 5.97 Å². The molecule has 0 saturated heterocycles. The smallest absolute Gasteiger partial charge is 0.326 e. The minimum Gasteiger partial charge on any atom is -0.480 e. The van der Waals surface area contributed by atoms with Gasteiger partial charge in [0, 0.05) is 41.8 Å². The van der Waals surface area contributed by atoms with Crippen LogP contribution in [0, 0.1) is 5.92 Å². The van der Waals surface area contributed by atoms with Crippen LogP contribution in [0.25, 0.3) is 10.9 Å². The molecule has 0 bridgehead atoms. The number of nitrogens with zero attached hydrogens (tertiary/aromatic N) is 1. The monoisotopic (exact) mass is 511 g/mol. The number of amides is 3. The summed E-state index contributed by atoms with van der Waals surface area (Å²) in [4.78, 5) is 59.7. The van der Waals surface area contributed by atoms with E-state index in [2.05, 4.69) is 30.9 Å². The number of aromatic amines is 2. The van der Waals surface area contributed by atoms with Crippen molar-refractivity contribution in [3.8, 4) is 0 Å². The Bertz CT molecular complexity index is 1220. The summed E-state index contributed by atoms with van der Waals surface area (Å²) in [7, 11) is 0. The fourth-order valence-corrected chi connectivity index (χ4v) is 3.86. The number of fused-ring (bicyclic) bond motifs is 1. The van der Waals surface area contributed by atoms with Gasteiger partial charge in [0.25, 0.3) is 0 Å². The Labute approximate surface area is 213 Å². The molecule has 0 spiro atoms. The van der Waals surface area contributed by atoms with Crippen molar-refractivity contribution >= 4 is 34.6 Å². The van der Waals surface area contributed by atoms with Crippen LogP contribution in [0.15, 0.2) is 43.0 Å². The summed E-state index contributed by atoms with van der Waals surface area (Å²) in [5, 5.41) is 18.1. The number of rotatable bonds is 13. The van der Waals surface area contributed by atoms with Crippen LogP contribution >= 0.6 is 0 Å². The first-order valence-corrected chi connectivity index (χ1v) is 12.1. The minimum atomic E-state index is -1.20. The number of benzene rings is 1. The van der Waals surface area contributed by atoms with E-state index in [-0.39, 0.29) is 18.8 Å². The first-order chi connectivity index (χ1) is 17.7. The average molecular weight is 512 g/mol. The molecule has 12 heteroatoms. The summed E-state index contributed by atoms with van der Waals surface area (Å²) >= 11 is 0. The van der Waals surface area contributed by atoms with Gasteiger partial charge in [-0.3, -0.25) is 14.4 Å². The molecule has 2 aromatic heterocycles. The van der Waals surface area contributed by atoms with Crippen LogP contribution in [0.3, 0.4) is 0 Å². The summed E-state index contributed by atoms with van der Waals surface area (Å²) < 4.78 is 0. The number of carbonyl (C=O) groups is 4. The number of H-pyrrole nitrogens is 2. The van der Waals surface area contributed by atoms with Crippen molar-refractivity contribution < 1.29 is 24.3 Å². The number of hydrogen-bond acceptors (Lipinski definition) is 6. The lowest BCUT2D eigenvalue weighted by Gasteiger charge is -2.23. The van der Waals surface area contributed by atoms with Crippen molar-refractivity contribution in [2.75, 3.05) is 6.54 Å². The summed E-state index contributed by atoms with van der Waals surface area (Å²) in [6, 6.07) is 4.43. The summed E-state index contributed by atoms with van der Waals surface area (Å²) in [5.74, 6) is -3.07. The quantitative estimate of drug-likeness (QED) is 0.170. The molecule has 8 N–H and O–H groups in total. The number of carboxylic acid groups (broad SMARTS) is 1. The first kappa shape index (κ1) is 27.4. The second-order valence-corrected chi connectivity index (χ2v) is 8.99. The number of hydrogen-bond donors (Lipinski definition) is 7. The molecule has 4 unspecified atom stereocenters. The molecule has 3 rings (SSSR count). The van der Waals surface area contributed by atoms with Crippen molar-refractivity contribution in [2.24, 2.45) is 11.7 Å². The first-order valence-electron chi connectivity index (χ1n) is 12.1. The SMILES string of the molecule is CCC(C)C(N)C(=O)NC(Cc1cnc[nH]1)C(=O)NCC(=O)NC(Cc1c[nH]c2ccccc12)C(=O)O. The fraction of sp³-hybridized carbons (Fsp3) is 0.400. The maximum atomic E-state index is 12.9. The molecule has 0 radical (unpaired) electrons. The predicted octanol–water partition coefficient (Wildman–Crippen LogP) is 0.220. The maximum Gasteiger partial charge on any atom is 0.326 e. The van der Waals surface area contributed by atoms with E-state index in [0.717, 1.165) is 16.5 Å². The Morgan fingerprint density at radius 2 is 1.81 bits per heavy atom. The lowest BCUT2D eigenvalue weighted by Crippen LogP contribution is -2.55. The second kappa shape index (κ2) is 12.7. The molecule has 198 valence electrons. The molecule has 0 aliphatic carbocycles. The van der Waals surface area contributed by atoms with Crippen LogP contribution in [0.1, 0.15) is 31.5 Å². The Balaban J connectivity index is 1.60. The standard InChI is InChI=1S/C25H33N7O5/c1-3-14(2)22(26)24(35)32-19(9-16-11-27-13-30-16)23(34)29-12-21(33)31-20(25(36)37)8-15-10-28-18-7-5-4-6-17(15)18/h4-7,10-11,13-14,19-20,22,28H,3,8-9,12,26H2,1-2H3,(H,27,30)(H,29,34)(H,31,33)(H,32,35)(H,36,37). The molecule has 37 heavy (non-hydrogen) atoms. The van der Waals surface area contributed by atoms with E-state index < -0.39 is 48.4 Å². The zero-order chi connectivity index (χ0) is 26.9. The lowest BCUT2D eigenvalue weighted by molar-refractivity contribution is -0.141. The van der Waals surface area contributed by atoms with Crippen LogP contribution in [-0.4, -0.2) is 68.4 Å². The van der Waals surface area contributed by atoms with Crippen molar-refractivity contribution in [3.05, 3.63) is 54.2 Å². The highest BCUT2D eigenvalue weighted by molar-refractivity contribution is 5.93. The average Bonchev–Trinajstić information content (AvgIpc) is 3.55. The molecule has 0 aliphatic heterocycles. The zero-order valence-corrected chi connectivity index (χ0v) is 20.8. The number of carboxylic acids is 1. The van der Waals surface area contributed by atoms with Crippen molar-refractivity contribution in [3.63, 3.8) is 0 Å². The molecule has 4 atom stereocenters. The predicted molar refractivity (Wildman–Crippen MR) is 136 cm³/mol. The molecular weight excluding hydrogens is 478 g/mol. The van der Waals surface area contributed by atoms with E-state index in [0.29, 0.717) is 12.1 Å². The largest absolute Gasteiger partial charge is 0.480 e. The molecular formula is C25H33N7O5. The molecule has 0 saturated carbocycles. The van der Waals surface area contributed by atoms with Crippen LogP contribution < -0.4 is 21.7 Å². The van der Waals surface area contributed by atoms with Gasteiger partial charge < -0.3 is 36.8 Å².